The monoisotopic (exact) mass is 298 g/mol. The van der Waals surface area contributed by atoms with E-state index in [-0.39, 0.29) is 5.91 Å². The summed E-state index contributed by atoms with van der Waals surface area (Å²) in [6.07, 6.45) is 0. The number of hydrogen-bond acceptors (Lipinski definition) is 3. The molecular formula is C17H18N2OS. The van der Waals surface area contributed by atoms with Crippen LogP contribution in [0.5, 0.6) is 0 Å². The van der Waals surface area contributed by atoms with Gasteiger partial charge in [-0.3, -0.25) is 9.69 Å². The Morgan fingerprint density at radius 3 is 2.90 bits per heavy atom. The van der Waals surface area contributed by atoms with Crippen molar-refractivity contribution in [3.05, 3.63) is 57.8 Å². The summed E-state index contributed by atoms with van der Waals surface area (Å²) in [6, 6.07) is 12.6. The minimum absolute atomic E-state index is 0.107. The number of amides is 1. The third-order valence-electron chi connectivity index (χ3n) is 4.57. The van der Waals surface area contributed by atoms with Crippen molar-refractivity contribution in [2.45, 2.75) is 12.5 Å². The lowest BCUT2D eigenvalue weighted by Gasteiger charge is -2.16. The Balaban J connectivity index is 1.56. The van der Waals surface area contributed by atoms with Crippen LogP contribution < -0.4 is 5.32 Å². The number of fused-ring (bicyclic) bond motifs is 3. The standard InChI is InChI=1S/C17H18N2OS/c20-17-14-6-7-21-16(14)15-11-19(10-13(15)8-18-17)9-12-4-2-1-3-5-12/h1-7,13,15H,8-11H2,(H,18,20)/t13-,15-/m0/s1. The van der Waals surface area contributed by atoms with Crippen LogP contribution >= 0.6 is 11.3 Å². The van der Waals surface area contributed by atoms with Crippen molar-refractivity contribution in [1.82, 2.24) is 10.2 Å². The minimum atomic E-state index is 0.107. The van der Waals surface area contributed by atoms with Crippen molar-refractivity contribution in [3.63, 3.8) is 0 Å². The topological polar surface area (TPSA) is 32.3 Å². The van der Waals surface area contributed by atoms with Gasteiger partial charge in [-0.05, 0) is 22.9 Å². The maximum absolute atomic E-state index is 12.1. The van der Waals surface area contributed by atoms with Crippen LogP contribution in [0.15, 0.2) is 41.8 Å². The maximum Gasteiger partial charge on any atom is 0.252 e. The quantitative estimate of drug-likeness (QED) is 0.924. The van der Waals surface area contributed by atoms with Gasteiger partial charge in [0.1, 0.15) is 0 Å². The van der Waals surface area contributed by atoms with Crippen LogP contribution in [0.4, 0.5) is 0 Å². The van der Waals surface area contributed by atoms with E-state index < -0.39 is 0 Å². The van der Waals surface area contributed by atoms with Gasteiger partial charge in [0.25, 0.3) is 5.91 Å². The SMILES string of the molecule is O=C1NC[C@H]2CN(Cc3ccccc3)C[C@@H]2c2sccc21. The predicted octanol–water partition coefficient (Wildman–Crippen LogP) is 2.71. The summed E-state index contributed by atoms with van der Waals surface area (Å²) in [4.78, 5) is 15.9. The summed E-state index contributed by atoms with van der Waals surface area (Å²) >= 11 is 1.74. The average Bonchev–Trinajstić information content (AvgIpc) is 3.10. The number of benzene rings is 1. The molecule has 21 heavy (non-hydrogen) atoms. The van der Waals surface area contributed by atoms with E-state index >= 15 is 0 Å². The van der Waals surface area contributed by atoms with Crippen LogP contribution in [0.3, 0.4) is 0 Å². The number of carbonyl (C=O) groups excluding carboxylic acids is 1. The minimum Gasteiger partial charge on any atom is -0.352 e. The first-order valence-corrected chi connectivity index (χ1v) is 8.31. The molecule has 1 amide bonds. The molecule has 0 unspecified atom stereocenters. The summed E-state index contributed by atoms with van der Waals surface area (Å²) in [5.74, 6) is 1.15. The molecule has 1 aromatic heterocycles. The molecule has 0 saturated carbocycles. The van der Waals surface area contributed by atoms with Crippen molar-refractivity contribution in [3.8, 4) is 0 Å². The Hall–Kier alpha value is -1.65. The molecule has 2 aromatic rings. The second-order valence-electron chi connectivity index (χ2n) is 5.95. The normalized spacial score (nSPS) is 25.0. The number of thiophene rings is 1. The molecule has 4 heteroatoms. The van der Waals surface area contributed by atoms with Crippen molar-refractivity contribution in [1.29, 1.82) is 0 Å². The molecule has 0 aliphatic carbocycles. The number of likely N-dealkylation sites (tertiary alicyclic amines) is 1. The highest BCUT2D eigenvalue weighted by atomic mass is 32.1. The van der Waals surface area contributed by atoms with Gasteiger partial charge < -0.3 is 5.32 Å². The fourth-order valence-electron chi connectivity index (χ4n) is 3.55. The maximum atomic E-state index is 12.1. The molecule has 0 radical (unpaired) electrons. The number of nitrogens with one attached hydrogen (secondary N) is 1. The fourth-order valence-corrected chi connectivity index (χ4v) is 4.63. The van der Waals surface area contributed by atoms with Gasteiger partial charge in [0.05, 0.1) is 5.56 Å². The lowest BCUT2D eigenvalue weighted by atomic mass is 9.94. The Morgan fingerprint density at radius 2 is 2.05 bits per heavy atom. The van der Waals surface area contributed by atoms with E-state index in [1.807, 2.05) is 11.4 Å². The largest absolute Gasteiger partial charge is 0.352 e. The van der Waals surface area contributed by atoms with Gasteiger partial charge in [0.15, 0.2) is 0 Å². The van der Waals surface area contributed by atoms with Gasteiger partial charge in [-0.1, -0.05) is 30.3 Å². The fraction of sp³-hybridized carbons (Fsp3) is 0.353. The molecule has 2 aliphatic heterocycles. The van der Waals surface area contributed by atoms with E-state index in [1.165, 1.54) is 10.4 Å². The summed E-state index contributed by atoms with van der Waals surface area (Å²) in [5.41, 5.74) is 2.26. The van der Waals surface area contributed by atoms with Gasteiger partial charge in [-0.2, -0.15) is 0 Å². The zero-order valence-corrected chi connectivity index (χ0v) is 12.6. The first-order valence-electron chi connectivity index (χ1n) is 7.43. The highest BCUT2D eigenvalue weighted by molar-refractivity contribution is 7.10. The van der Waals surface area contributed by atoms with Crippen LogP contribution in [0, 0.1) is 5.92 Å². The molecule has 1 fully saturated rings. The summed E-state index contributed by atoms with van der Waals surface area (Å²) < 4.78 is 0. The van der Waals surface area contributed by atoms with Crippen molar-refractivity contribution in [2.24, 2.45) is 5.92 Å². The number of carbonyl (C=O) groups is 1. The van der Waals surface area contributed by atoms with Gasteiger partial charge in [0.2, 0.25) is 0 Å². The van der Waals surface area contributed by atoms with Crippen LogP contribution in [-0.4, -0.2) is 30.4 Å². The molecule has 2 atom stereocenters. The second-order valence-corrected chi connectivity index (χ2v) is 6.90. The summed E-state index contributed by atoms with van der Waals surface area (Å²) in [5, 5.41) is 5.13. The van der Waals surface area contributed by atoms with E-state index in [2.05, 4.69) is 40.5 Å². The third-order valence-corrected chi connectivity index (χ3v) is 5.62. The van der Waals surface area contributed by atoms with E-state index in [0.29, 0.717) is 11.8 Å². The van der Waals surface area contributed by atoms with E-state index in [1.54, 1.807) is 11.3 Å². The first-order chi connectivity index (χ1) is 10.3. The van der Waals surface area contributed by atoms with Crippen LogP contribution in [0.25, 0.3) is 0 Å². The molecule has 3 heterocycles. The highest BCUT2D eigenvalue weighted by Crippen LogP contribution is 2.39. The van der Waals surface area contributed by atoms with E-state index in [9.17, 15) is 4.79 Å². The van der Waals surface area contributed by atoms with Crippen LogP contribution in [0.1, 0.15) is 26.7 Å². The van der Waals surface area contributed by atoms with Crippen LogP contribution in [0.2, 0.25) is 0 Å². The Morgan fingerprint density at radius 1 is 1.19 bits per heavy atom. The smallest absolute Gasteiger partial charge is 0.252 e. The zero-order chi connectivity index (χ0) is 14.2. The van der Waals surface area contributed by atoms with Crippen molar-refractivity contribution >= 4 is 17.2 Å². The van der Waals surface area contributed by atoms with E-state index in [0.717, 1.165) is 31.7 Å². The average molecular weight is 298 g/mol. The van der Waals surface area contributed by atoms with Gasteiger partial charge in [-0.25, -0.2) is 0 Å². The zero-order valence-electron chi connectivity index (χ0n) is 11.8. The molecule has 1 N–H and O–H groups in total. The molecule has 4 rings (SSSR count). The van der Waals surface area contributed by atoms with Gasteiger partial charge in [-0.15, -0.1) is 11.3 Å². The van der Waals surface area contributed by atoms with Gasteiger partial charge in [0, 0.05) is 37.0 Å². The Labute approximate surface area is 128 Å². The van der Waals surface area contributed by atoms with Gasteiger partial charge >= 0.3 is 0 Å². The van der Waals surface area contributed by atoms with Crippen molar-refractivity contribution in [2.75, 3.05) is 19.6 Å². The molecule has 0 bridgehead atoms. The number of rotatable bonds is 2. The molecule has 1 aromatic carbocycles. The third kappa shape index (κ3) is 2.39. The molecule has 0 spiro atoms. The lowest BCUT2D eigenvalue weighted by molar-refractivity contribution is 0.0951. The Bertz CT molecular complexity index is 652. The Kier molecular flexibility index (Phi) is 3.28. The second kappa shape index (κ2) is 5.28. The lowest BCUT2D eigenvalue weighted by Crippen LogP contribution is -2.29. The number of hydrogen-bond donors (Lipinski definition) is 1. The molecule has 3 nitrogen and oxygen atoms in total. The summed E-state index contributed by atoms with van der Waals surface area (Å²) in [6.45, 7) is 3.93. The first kappa shape index (κ1) is 13.0. The molecule has 108 valence electrons. The molecule has 2 aliphatic rings. The molecular weight excluding hydrogens is 280 g/mol. The highest BCUT2D eigenvalue weighted by Gasteiger charge is 2.38. The summed E-state index contributed by atoms with van der Waals surface area (Å²) in [7, 11) is 0. The van der Waals surface area contributed by atoms with E-state index in [4.69, 9.17) is 0 Å². The van der Waals surface area contributed by atoms with Crippen molar-refractivity contribution < 1.29 is 4.79 Å². The number of nitrogens with zero attached hydrogens (tertiary/aromatic N) is 1. The molecule has 1 saturated heterocycles. The van der Waals surface area contributed by atoms with Crippen LogP contribution in [-0.2, 0) is 6.54 Å². The predicted molar refractivity (Wildman–Crippen MR) is 84.6 cm³/mol.